The van der Waals surface area contributed by atoms with Crippen molar-refractivity contribution in [2.24, 2.45) is 0 Å². The number of fused-ring (bicyclic) bond motifs is 1. The third-order valence-electron chi connectivity index (χ3n) is 5.76. The van der Waals surface area contributed by atoms with E-state index in [0.717, 1.165) is 28.2 Å². The van der Waals surface area contributed by atoms with E-state index in [1.165, 1.54) is 16.9 Å². The molecule has 0 aliphatic carbocycles. The lowest BCUT2D eigenvalue weighted by Crippen LogP contribution is -2.38. The molecule has 0 amide bonds. The Morgan fingerprint density at radius 2 is 1.79 bits per heavy atom. The zero-order chi connectivity index (χ0) is 23.8. The first kappa shape index (κ1) is 22.6. The fourth-order valence-electron chi connectivity index (χ4n) is 4.00. The van der Waals surface area contributed by atoms with Crippen molar-refractivity contribution in [1.82, 2.24) is 4.57 Å². The lowest BCUT2D eigenvalue weighted by Gasteiger charge is -2.12. The topological polar surface area (TPSA) is 29.1 Å². The molecule has 0 fully saturated rings. The van der Waals surface area contributed by atoms with Crippen molar-refractivity contribution >= 4 is 39.9 Å². The van der Waals surface area contributed by atoms with Crippen LogP contribution < -0.4 is 24.2 Å². The van der Waals surface area contributed by atoms with Gasteiger partial charge < -0.3 is 4.90 Å². The van der Waals surface area contributed by atoms with Crippen LogP contribution in [0, 0.1) is 11.6 Å². The first-order valence-corrected chi connectivity index (χ1v) is 12.5. The number of hydrogen-bond acceptors (Lipinski definition) is 4. The lowest BCUT2D eigenvalue weighted by atomic mass is 10.2. The molecule has 8 heteroatoms. The summed E-state index contributed by atoms with van der Waals surface area (Å²) in [4.78, 5) is 15.3. The molecule has 4 nitrogen and oxygen atoms in total. The van der Waals surface area contributed by atoms with Gasteiger partial charge in [0.2, 0.25) is 5.69 Å². The molecule has 172 valence electrons. The van der Waals surface area contributed by atoms with Crippen LogP contribution in [0.25, 0.3) is 11.1 Å². The standard InChI is InChI=1S/C26H22F2N3OS2/c1-3-31-21(15-18-11-7-8-14-30(18)16-17-9-5-4-6-10-17)33-24(25(31)32)26-29(2)20-13-12-19(27)22(28)23(20)34-26/h4-15H,3,16H2,1-2H3/q+1/b26-24+. The average molecular weight is 495 g/mol. The van der Waals surface area contributed by atoms with Crippen LogP contribution >= 0.6 is 23.1 Å². The Kier molecular flexibility index (Phi) is 6.10. The van der Waals surface area contributed by atoms with Crippen LogP contribution in [0.5, 0.6) is 0 Å². The summed E-state index contributed by atoms with van der Waals surface area (Å²) in [5.74, 6) is -1.77. The highest BCUT2D eigenvalue weighted by Gasteiger charge is 2.29. The summed E-state index contributed by atoms with van der Waals surface area (Å²) in [6.07, 6.45) is 4.03. The molecule has 0 spiro atoms. The van der Waals surface area contributed by atoms with Crippen LogP contribution in [-0.2, 0) is 13.1 Å². The predicted octanol–water partition coefficient (Wildman–Crippen LogP) is 3.68. The minimum Gasteiger partial charge on any atom is -0.337 e. The molecule has 5 rings (SSSR count). The number of hydrogen-bond donors (Lipinski definition) is 0. The van der Waals surface area contributed by atoms with Gasteiger partial charge in [0.15, 0.2) is 24.4 Å². The maximum atomic E-state index is 14.4. The lowest BCUT2D eigenvalue weighted by molar-refractivity contribution is -0.690. The molecule has 1 aliphatic rings. The number of benzene rings is 2. The van der Waals surface area contributed by atoms with Crippen LogP contribution in [-0.4, -0.2) is 11.6 Å². The Balaban J connectivity index is 1.65. The quantitative estimate of drug-likeness (QED) is 0.406. The van der Waals surface area contributed by atoms with Crippen molar-refractivity contribution in [2.45, 2.75) is 24.9 Å². The van der Waals surface area contributed by atoms with Gasteiger partial charge in [0.25, 0.3) is 5.56 Å². The number of halogens is 2. The van der Waals surface area contributed by atoms with E-state index in [-0.39, 0.29) is 10.5 Å². The van der Waals surface area contributed by atoms with E-state index >= 15 is 0 Å². The Hall–Kier alpha value is -3.23. The van der Waals surface area contributed by atoms with E-state index in [4.69, 9.17) is 0 Å². The smallest absolute Gasteiger partial charge is 0.271 e. The van der Waals surface area contributed by atoms with E-state index in [1.54, 1.807) is 22.6 Å². The zero-order valence-electron chi connectivity index (χ0n) is 18.7. The molecule has 1 aliphatic heterocycles. The highest BCUT2D eigenvalue weighted by molar-refractivity contribution is 8.08. The summed E-state index contributed by atoms with van der Waals surface area (Å²) >= 11 is 2.47. The van der Waals surface area contributed by atoms with E-state index < -0.39 is 11.6 Å². The van der Waals surface area contributed by atoms with Gasteiger partial charge in [-0.1, -0.05) is 42.1 Å². The van der Waals surface area contributed by atoms with E-state index in [9.17, 15) is 13.6 Å². The van der Waals surface area contributed by atoms with E-state index in [1.807, 2.05) is 55.6 Å². The van der Waals surface area contributed by atoms with Crippen LogP contribution in [0.3, 0.4) is 0 Å². The van der Waals surface area contributed by atoms with Crippen molar-refractivity contribution in [1.29, 1.82) is 0 Å². The van der Waals surface area contributed by atoms with Gasteiger partial charge in [-0.25, -0.2) is 8.78 Å². The third kappa shape index (κ3) is 3.97. The fraction of sp³-hybridized carbons (Fsp3) is 0.154. The van der Waals surface area contributed by atoms with Crippen LogP contribution in [0.15, 0.2) is 76.6 Å². The maximum Gasteiger partial charge on any atom is 0.271 e. The van der Waals surface area contributed by atoms with Crippen molar-refractivity contribution < 1.29 is 13.3 Å². The fourth-order valence-corrected chi connectivity index (χ4v) is 6.48. The SMILES string of the molecule is CCn1c(=O)/c(=C2\Sc3c(ccc(F)c3F)N2C)s/c1=C\c1cccc[n+]1Cc1ccccc1. The van der Waals surface area contributed by atoms with Crippen molar-refractivity contribution in [3.05, 3.63) is 109 Å². The molecule has 0 bridgehead atoms. The highest BCUT2D eigenvalue weighted by atomic mass is 32.2. The molecule has 0 saturated heterocycles. The van der Waals surface area contributed by atoms with Gasteiger partial charge in [-0.15, -0.1) is 11.3 Å². The summed E-state index contributed by atoms with van der Waals surface area (Å²) in [5.41, 5.74) is 2.58. The second kappa shape index (κ2) is 9.19. The Bertz CT molecular complexity index is 1560. The highest BCUT2D eigenvalue weighted by Crippen LogP contribution is 2.47. The largest absolute Gasteiger partial charge is 0.337 e. The summed E-state index contributed by atoms with van der Waals surface area (Å²) < 4.78 is 33.4. The molecule has 0 unspecified atom stereocenters. The molecular formula is C26H22F2N3OS2+. The minimum atomic E-state index is -0.890. The molecule has 2 aromatic carbocycles. The normalized spacial score (nSPS) is 15.2. The number of thiazole rings is 1. The number of thioether (sulfide) groups is 1. The van der Waals surface area contributed by atoms with Crippen molar-refractivity contribution in [3.8, 4) is 0 Å². The van der Waals surface area contributed by atoms with Gasteiger partial charge in [0.1, 0.15) is 14.2 Å². The Morgan fingerprint density at radius 1 is 1.03 bits per heavy atom. The first-order valence-electron chi connectivity index (χ1n) is 10.9. The molecule has 2 aromatic heterocycles. The van der Waals surface area contributed by atoms with Gasteiger partial charge >= 0.3 is 0 Å². The average Bonchev–Trinajstić information content (AvgIpc) is 3.34. The first-order chi connectivity index (χ1) is 16.5. The molecule has 3 heterocycles. The number of nitrogens with zero attached hydrogens (tertiary/aromatic N) is 3. The van der Waals surface area contributed by atoms with Crippen molar-refractivity contribution in [2.75, 3.05) is 11.9 Å². The molecule has 0 saturated carbocycles. The summed E-state index contributed by atoms with van der Waals surface area (Å²) in [6, 6.07) is 18.8. The van der Waals surface area contributed by atoms with E-state index in [0.29, 0.717) is 28.3 Å². The number of aromatic nitrogens is 2. The second-order valence-electron chi connectivity index (χ2n) is 7.88. The Labute approximate surface area is 203 Å². The molecule has 0 atom stereocenters. The monoisotopic (exact) mass is 494 g/mol. The summed E-state index contributed by atoms with van der Waals surface area (Å²) in [5, 5.41) is 0.613. The number of anilines is 1. The second-order valence-corrected chi connectivity index (χ2v) is 9.91. The Morgan fingerprint density at radius 3 is 2.56 bits per heavy atom. The zero-order valence-corrected chi connectivity index (χ0v) is 20.3. The van der Waals surface area contributed by atoms with Gasteiger partial charge in [-0.05, 0) is 25.1 Å². The molecule has 4 aromatic rings. The molecular weight excluding hydrogens is 472 g/mol. The van der Waals surface area contributed by atoms with Crippen LogP contribution in [0.4, 0.5) is 14.5 Å². The van der Waals surface area contributed by atoms with Crippen molar-refractivity contribution in [3.63, 3.8) is 0 Å². The molecule has 0 radical (unpaired) electrons. The summed E-state index contributed by atoms with van der Waals surface area (Å²) in [6.45, 7) is 3.14. The molecule has 0 N–H and O–H groups in total. The van der Waals surface area contributed by atoms with Gasteiger partial charge in [0, 0.05) is 37.4 Å². The van der Waals surface area contributed by atoms with Crippen LogP contribution in [0.2, 0.25) is 0 Å². The summed E-state index contributed by atoms with van der Waals surface area (Å²) in [7, 11) is 1.77. The van der Waals surface area contributed by atoms with Gasteiger partial charge in [-0.3, -0.25) is 9.36 Å². The van der Waals surface area contributed by atoms with Crippen LogP contribution in [0.1, 0.15) is 18.2 Å². The van der Waals surface area contributed by atoms with Gasteiger partial charge in [0.05, 0.1) is 10.6 Å². The maximum absolute atomic E-state index is 14.4. The third-order valence-corrected chi connectivity index (χ3v) is 8.27. The molecule has 34 heavy (non-hydrogen) atoms. The van der Waals surface area contributed by atoms with E-state index in [2.05, 4.69) is 16.7 Å². The minimum absolute atomic E-state index is 0.132. The predicted molar refractivity (Wildman–Crippen MR) is 133 cm³/mol. The number of pyridine rings is 1. The number of rotatable bonds is 4. The van der Waals surface area contributed by atoms with Gasteiger partial charge in [-0.2, -0.15) is 4.57 Å².